The first-order valence-corrected chi connectivity index (χ1v) is 18.4. The van der Waals surface area contributed by atoms with Crippen molar-refractivity contribution in [3.05, 3.63) is 41.1 Å². The Morgan fingerprint density at radius 3 is 2.41 bits per heavy atom. The molecule has 0 aliphatic carbocycles. The van der Waals surface area contributed by atoms with Gasteiger partial charge >= 0.3 is 6.18 Å². The number of ether oxygens (including phenoxy) is 1. The van der Waals surface area contributed by atoms with Gasteiger partial charge in [-0.3, -0.25) is 0 Å². The van der Waals surface area contributed by atoms with E-state index in [4.69, 9.17) is 20.0 Å². The molecule has 2 fully saturated rings. The van der Waals surface area contributed by atoms with Crippen LogP contribution in [0.25, 0.3) is 5.65 Å². The standard InChI is InChI=1S/C31H46F3N7O2Si/c1-21-28(41-29(36-21)24(35)20-26(38-41)40-15-17-42-18-16-40)37-25-9-7-8-23(31(32,33)34)27(25)22-10-12-39(13-11-22)14-19-43-44(5,6)30(2,3)4/h7-9,20,22,37H,10-19,35H2,1-6H3. The summed E-state index contributed by atoms with van der Waals surface area (Å²) in [5, 5.41) is 8.26. The molecule has 5 rings (SSSR count). The highest BCUT2D eigenvalue weighted by Gasteiger charge is 2.39. The normalized spacial score (nSPS) is 17.9. The van der Waals surface area contributed by atoms with E-state index in [0.717, 1.165) is 6.54 Å². The van der Waals surface area contributed by atoms with Gasteiger partial charge < -0.3 is 30.0 Å². The maximum atomic E-state index is 14.4. The third-order valence-electron chi connectivity index (χ3n) is 9.45. The van der Waals surface area contributed by atoms with Gasteiger partial charge in [-0.2, -0.15) is 17.7 Å². The molecule has 9 nitrogen and oxygen atoms in total. The predicted octanol–water partition coefficient (Wildman–Crippen LogP) is 6.42. The molecule has 3 aromatic rings. The topological polar surface area (TPSA) is 93.2 Å². The van der Waals surface area contributed by atoms with Crippen LogP contribution in [0.5, 0.6) is 0 Å². The number of aryl methyl sites for hydroxylation is 1. The fourth-order valence-corrected chi connectivity index (χ4v) is 6.84. The Balaban J connectivity index is 1.39. The highest BCUT2D eigenvalue weighted by atomic mass is 28.4. The van der Waals surface area contributed by atoms with E-state index in [0.29, 0.717) is 98.8 Å². The summed E-state index contributed by atoms with van der Waals surface area (Å²) in [5.41, 5.74) is 8.02. The number of nitrogen functional groups attached to an aromatic ring is 1. The molecule has 0 atom stereocenters. The number of nitrogens with two attached hydrogens (primary N) is 1. The molecule has 0 bridgehead atoms. The second-order valence-corrected chi connectivity index (χ2v) is 18.3. The lowest BCUT2D eigenvalue weighted by molar-refractivity contribution is -0.138. The van der Waals surface area contributed by atoms with Crippen LogP contribution < -0.4 is 16.0 Å². The second-order valence-electron chi connectivity index (χ2n) is 13.5. The van der Waals surface area contributed by atoms with E-state index < -0.39 is 20.1 Å². The highest BCUT2D eigenvalue weighted by Crippen LogP contribution is 2.44. The van der Waals surface area contributed by atoms with Crippen LogP contribution in [0.15, 0.2) is 24.3 Å². The van der Waals surface area contributed by atoms with E-state index in [1.807, 2.05) is 6.92 Å². The molecule has 242 valence electrons. The first kappa shape index (κ1) is 32.5. The molecule has 13 heteroatoms. The fraction of sp³-hybridized carbons (Fsp3) is 0.613. The molecule has 2 aromatic heterocycles. The zero-order valence-electron chi connectivity index (χ0n) is 26.7. The average Bonchev–Trinajstić information content (AvgIpc) is 3.28. The van der Waals surface area contributed by atoms with Crippen LogP contribution in [0, 0.1) is 6.92 Å². The minimum Gasteiger partial charge on any atom is -0.416 e. The monoisotopic (exact) mass is 633 g/mol. The van der Waals surface area contributed by atoms with E-state index in [2.05, 4.69) is 54.0 Å². The number of anilines is 4. The van der Waals surface area contributed by atoms with Crippen LogP contribution >= 0.6 is 0 Å². The predicted molar refractivity (Wildman–Crippen MR) is 171 cm³/mol. The van der Waals surface area contributed by atoms with Gasteiger partial charge in [0.05, 0.1) is 30.2 Å². The third-order valence-corrected chi connectivity index (χ3v) is 14.0. The number of alkyl halides is 3. The molecule has 1 aromatic carbocycles. The number of benzene rings is 1. The quantitative estimate of drug-likeness (QED) is 0.275. The van der Waals surface area contributed by atoms with Crippen molar-refractivity contribution in [2.24, 2.45) is 0 Å². The van der Waals surface area contributed by atoms with Crippen molar-refractivity contribution in [2.75, 3.05) is 68.5 Å². The lowest BCUT2D eigenvalue weighted by Gasteiger charge is -2.38. The summed E-state index contributed by atoms with van der Waals surface area (Å²) in [6, 6.07) is 6.16. The summed E-state index contributed by atoms with van der Waals surface area (Å²) in [5.74, 6) is 0.921. The van der Waals surface area contributed by atoms with Gasteiger partial charge in [0, 0.05) is 38.0 Å². The van der Waals surface area contributed by atoms with Crippen molar-refractivity contribution < 1.29 is 22.3 Å². The first-order chi connectivity index (χ1) is 20.7. The van der Waals surface area contributed by atoms with Crippen molar-refractivity contribution >= 4 is 37.0 Å². The number of halogens is 3. The minimum atomic E-state index is -4.48. The molecule has 0 saturated carbocycles. The number of nitrogens with one attached hydrogen (secondary N) is 1. The number of imidazole rings is 1. The number of likely N-dealkylation sites (tertiary alicyclic amines) is 1. The van der Waals surface area contributed by atoms with Gasteiger partial charge in [-0.1, -0.05) is 26.8 Å². The lowest BCUT2D eigenvalue weighted by Crippen LogP contribution is -2.43. The van der Waals surface area contributed by atoms with Gasteiger partial charge in [0.2, 0.25) is 0 Å². The van der Waals surface area contributed by atoms with Crippen LogP contribution in [0.4, 0.5) is 36.2 Å². The Labute approximate surface area is 259 Å². The molecule has 0 unspecified atom stereocenters. The molecular formula is C31H46F3N7O2Si. The number of hydrogen-bond donors (Lipinski definition) is 2. The summed E-state index contributed by atoms with van der Waals surface area (Å²) in [7, 11) is -1.85. The van der Waals surface area contributed by atoms with Crippen LogP contribution in [0.3, 0.4) is 0 Å². The average molecular weight is 634 g/mol. The fourth-order valence-electron chi connectivity index (χ4n) is 5.81. The summed E-state index contributed by atoms with van der Waals surface area (Å²) in [6.45, 7) is 18.3. The maximum Gasteiger partial charge on any atom is 0.416 e. The van der Waals surface area contributed by atoms with E-state index >= 15 is 0 Å². The molecule has 3 N–H and O–H groups in total. The van der Waals surface area contributed by atoms with Crippen molar-refractivity contribution in [3.63, 3.8) is 0 Å². The summed E-state index contributed by atoms with van der Waals surface area (Å²) >= 11 is 0. The molecular weight excluding hydrogens is 587 g/mol. The number of hydrogen-bond acceptors (Lipinski definition) is 8. The Morgan fingerprint density at radius 1 is 1.09 bits per heavy atom. The molecule has 0 radical (unpaired) electrons. The zero-order valence-corrected chi connectivity index (χ0v) is 27.7. The number of fused-ring (bicyclic) bond motifs is 1. The SMILES string of the molecule is Cc1nc2c(N)cc(N3CCOCC3)nn2c1Nc1cccc(C(F)(F)F)c1C1CCN(CCO[Si](C)(C)C(C)(C)C)CC1. The Kier molecular flexibility index (Phi) is 9.23. The highest BCUT2D eigenvalue weighted by molar-refractivity contribution is 6.74. The van der Waals surface area contributed by atoms with Crippen molar-refractivity contribution in [1.29, 1.82) is 0 Å². The van der Waals surface area contributed by atoms with E-state index in [-0.39, 0.29) is 11.0 Å². The second kappa shape index (κ2) is 12.5. The lowest BCUT2D eigenvalue weighted by atomic mass is 9.85. The molecule has 4 heterocycles. The molecule has 0 amide bonds. The Bertz CT molecular complexity index is 1460. The van der Waals surface area contributed by atoms with Gasteiger partial charge in [0.1, 0.15) is 0 Å². The van der Waals surface area contributed by atoms with Gasteiger partial charge in [0.15, 0.2) is 25.6 Å². The molecule has 0 spiro atoms. The Hall–Kier alpha value is -2.87. The van der Waals surface area contributed by atoms with E-state index in [1.165, 1.54) is 12.1 Å². The number of rotatable bonds is 8. The largest absolute Gasteiger partial charge is 0.416 e. The van der Waals surface area contributed by atoms with Crippen LogP contribution in [-0.2, 0) is 15.3 Å². The molecule has 2 saturated heterocycles. The van der Waals surface area contributed by atoms with Crippen LogP contribution in [-0.4, -0.2) is 80.4 Å². The number of aromatic nitrogens is 3. The number of morpholine rings is 1. The van der Waals surface area contributed by atoms with Crippen molar-refractivity contribution in [1.82, 2.24) is 19.5 Å². The van der Waals surface area contributed by atoms with Gasteiger partial charge in [-0.25, -0.2) is 4.98 Å². The zero-order chi connectivity index (χ0) is 31.9. The summed E-state index contributed by atoms with van der Waals surface area (Å²) in [6.07, 6.45) is -3.23. The Morgan fingerprint density at radius 2 is 1.77 bits per heavy atom. The van der Waals surface area contributed by atoms with Crippen LogP contribution in [0.2, 0.25) is 18.1 Å². The minimum absolute atomic E-state index is 0.134. The third kappa shape index (κ3) is 6.85. The van der Waals surface area contributed by atoms with Crippen molar-refractivity contribution in [3.8, 4) is 0 Å². The molecule has 2 aliphatic heterocycles. The van der Waals surface area contributed by atoms with Gasteiger partial charge in [-0.15, -0.1) is 5.10 Å². The maximum absolute atomic E-state index is 14.4. The number of piperidine rings is 1. The first-order valence-electron chi connectivity index (χ1n) is 15.5. The smallest absolute Gasteiger partial charge is 0.416 e. The van der Waals surface area contributed by atoms with Gasteiger partial charge in [-0.05, 0) is 74.6 Å². The van der Waals surface area contributed by atoms with Crippen LogP contribution in [0.1, 0.15) is 56.4 Å². The van der Waals surface area contributed by atoms with Gasteiger partial charge in [0.25, 0.3) is 0 Å². The molecule has 44 heavy (non-hydrogen) atoms. The molecule has 2 aliphatic rings. The van der Waals surface area contributed by atoms with Crippen molar-refractivity contribution in [2.45, 2.75) is 70.8 Å². The van der Waals surface area contributed by atoms with E-state index in [9.17, 15) is 13.2 Å². The number of nitrogens with zero attached hydrogens (tertiary/aromatic N) is 5. The summed E-state index contributed by atoms with van der Waals surface area (Å²) < 4.78 is 56.8. The van der Waals surface area contributed by atoms with E-state index in [1.54, 1.807) is 16.6 Å². The summed E-state index contributed by atoms with van der Waals surface area (Å²) in [4.78, 5) is 9.00.